The van der Waals surface area contributed by atoms with Crippen LogP contribution >= 0.6 is 0 Å². The highest BCUT2D eigenvalue weighted by Gasteiger charge is 2.18. The number of nitro benzene ring substituents is 1. The van der Waals surface area contributed by atoms with Crippen molar-refractivity contribution in [3.8, 4) is 5.75 Å². The molecule has 7 nitrogen and oxygen atoms in total. The Bertz CT molecular complexity index is 700. The number of carbonyl (C=O) groups is 1. The topological polar surface area (TPSA) is 94.4 Å². The standard InChI is InChI=1S/C14H13N3O4/c1-9-4-3-5-13(15-9)16-14(18)10-6-7-12(21-2)11(8-10)17(19)20/h3-8H,1-2H3,(H,15,16,18). The Hall–Kier alpha value is -2.96. The first-order valence-corrected chi connectivity index (χ1v) is 6.08. The van der Waals surface area contributed by atoms with Gasteiger partial charge in [-0.25, -0.2) is 4.98 Å². The number of aromatic nitrogens is 1. The second-order valence-electron chi connectivity index (χ2n) is 4.26. The molecule has 0 aliphatic carbocycles. The van der Waals surface area contributed by atoms with Gasteiger partial charge in [0.25, 0.3) is 5.91 Å². The summed E-state index contributed by atoms with van der Waals surface area (Å²) in [6.45, 7) is 1.80. The molecule has 0 saturated heterocycles. The van der Waals surface area contributed by atoms with Crippen LogP contribution in [0.2, 0.25) is 0 Å². The lowest BCUT2D eigenvalue weighted by Gasteiger charge is -2.06. The number of methoxy groups -OCH3 is 1. The number of anilines is 1. The van der Waals surface area contributed by atoms with Crippen molar-refractivity contribution in [3.05, 3.63) is 57.8 Å². The molecule has 2 rings (SSSR count). The number of rotatable bonds is 4. The molecule has 0 unspecified atom stereocenters. The van der Waals surface area contributed by atoms with Crippen LogP contribution in [0.3, 0.4) is 0 Å². The van der Waals surface area contributed by atoms with E-state index in [1.165, 1.54) is 25.3 Å². The smallest absolute Gasteiger partial charge is 0.311 e. The van der Waals surface area contributed by atoms with E-state index in [1.54, 1.807) is 25.1 Å². The molecule has 1 aromatic heterocycles. The summed E-state index contributed by atoms with van der Waals surface area (Å²) < 4.78 is 4.89. The first kappa shape index (κ1) is 14.4. The van der Waals surface area contributed by atoms with E-state index in [0.717, 1.165) is 5.69 Å². The van der Waals surface area contributed by atoms with Gasteiger partial charge in [-0.3, -0.25) is 14.9 Å². The van der Waals surface area contributed by atoms with Crippen molar-refractivity contribution in [1.29, 1.82) is 0 Å². The van der Waals surface area contributed by atoms with E-state index < -0.39 is 10.8 Å². The molecule has 2 aromatic rings. The van der Waals surface area contributed by atoms with Crippen molar-refractivity contribution >= 4 is 17.4 Å². The molecule has 0 radical (unpaired) electrons. The Morgan fingerprint density at radius 3 is 2.71 bits per heavy atom. The van der Waals surface area contributed by atoms with Crippen LogP contribution in [0.25, 0.3) is 0 Å². The molecule has 0 aliphatic rings. The summed E-state index contributed by atoms with van der Waals surface area (Å²) in [6.07, 6.45) is 0. The minimum atomic E-state index is -0.597. The number of aryl methyl sites for hydroxylation is 1. The molecule has 0 aliphatic heterocycles. The van der Waals surface area contributed by atoms with Crippen molar-refractivity contribution in [2.75, 3.05) is 12.4 Å². The van der Waals surface area contributed by atoms with Crippen LogP contribution < -0.4 is 10.1 Å². The van der Waals surface area contributed by atoms with Gasteiger partial charge in [0.05, 0.1) is 12.0 Å². The number of hydrogen-bond donors (Lipinski definition) is 1. The largest absolute Gasteiger partial charge is 0.490 e. The number of pyridine rings is 1. The van der Waals surface area contributed by atoms with E-state index in [-0.39, 0.29) is 17.0 Å². The molecule has 108 valence electrons. The Labute approximate surface area is 120 Å². The molecule has 1 N–H and O–H groups in total. The van der Waals surface area contributed by atoms with Gasteiger partial charge >= 0.3 is 5.69 Å². The average Bonchev–Trinajstić information content (AvgIpc) is 2.46. The summed E-state index contributed by atoms with van der Waals surface area (Å²) in [5, 5.41) is 13.5. The lowest BCUT2D eigenvalue weighted by Crippen LogP contribution is -2.13. The Balaban J connectivity index is 2.27. The van der Waals surface area contributed by atoms with Gasteiger partial charge in [-0.05, 0) is 31.2 Å². The third-order valence-corrected chi connectivity index (χ3v) is 2.77. The maximum atomic E-state index is 12.1. The number of nitrogens with one attached hydrogen (secondary N) is 1. The van der Waals surface area contributed by atoms with Crippen molar-refractivity contribution in [2.45, 2.75) is 6.92 Å². The van der Waals surface area contributed by atoms with E-state index in [4.69, 9.17) is 4.74 Å². The SMILES string of the molecule is COc1ccc(C(=O)Nc2cccc(C)n2)cc1[N+](=O)[O-]. The number of hydrogen-bond acceptors (Lipinski definition) is 5. The number of carbonyl (C=O) groups excluding carboxylic acids is 1. The van der Waals surface area contributed by atoms with Gasteiger partial charge in [-0.1, -0.05) is 6.07 Å². The summed E-state index contributed by atoms with van der Waals surface area (Å²) in [7, 11) is 1.33. The molecular formula is C14H13N3O4. The molecule has 0 atom stereocenters. The number of amides is 1. The highest BCUT2D eigenvalue weighted by molar-refractivity contribution is 6.04. The Kier molecular flexibility index (Phi) is 4.13. The number of nitro groups is 1. The average molecular weight is 287 g/mol. The predicted molar refractivity (Wildman–Crippen MR) is 76.6 cm³/mol. The van der Waals surface area contributed by atoms with Gasteiger partial charge in [0.15, 0.2) is 5.75 Å². The highest BCUT2D eigenvalue weighted by Crippen LogP contribution is 2.27. The fourth-order valence-electron chi connectivity index (χ4n) is 1.78. The number of nitrogens with zero attached hydrogens (tertiary/aromatic N) is 2. The molecule has 21 heavy (non-hydrogen) atoms. The normalized spacial score (nSPS) is 10.0. The van der Waals surface area contributed by atoms with Crippen molar-refractivity contribution in [1.82, 2.24) is 4.98 Å². The molecule has 1 aromatic carbocycles. The maximum absolute atomic E-state index is 12.1. The van der Waals surface area contributed by atoms with Gasteiger partial charge in [0, 0.05) is 17.3 Å². The van der Waals surface area contributed by atoms with Gasteiger partial charge in [0.1, 0.15) is 5.82 Å². The maximum Gasteiger partial charge on any atom is 0.311 e. The van der Waals surface area contributed by atoms with Gasteiger partial charge in [-0.15, -0.1) is 0 Å². The van der Waals surface area contributed by atoms with Crippen LogP contribution in [0, 0.1) is 17.0 Å². The lowest BCUT2D eigenvalue weighted by molar-refractivity contribution is -0.385. The van der Waals surface area contributed by atoms with Gasteiger partial charge in [-0.2, -0.15) is 0 Å². The van der Waals surface area contributed by atoms with Crippen LogP contribution in [0.5, 0.6) is 5.75 Å². The molecule has 0 spiro atoms. The lowest BCUT2D eigenvalue weighted by atomic mass is 10.1. The van der Waals surface area contributed by atoms with Gasteiger partial charge < -0.3 is 10.1 Å². The first-order chi connectivity index (χ1) is 10.0. The van der Waals surface area contributed by atoms with Gasteiger partial charge in [0.2, 0.25) is 0 Å². The predicted octanol–water partition coefficient (Wildman–Crippen LogP) is 2.56. The van der Waals surface area contributed by atoms with E-state index in [1.807, 2.05) is 0 Å². The van der Waals surface area contributed by atoms with Crippen LogP contribution in [0.15, 0.2) is 36.4 Å². The fourth-order valence-corrected chi connectivity index (χ4v) is 1.78. The third kappa shape index (κ3) is 3.33. The Morgan fingerprint density at radius 2 is 2.10 bits per heavy atom. The van der Waals surface area contributed by atoms with Crippen molar-refractivity contribution in [2.24, 2.45) is 0 Å². The van der Waals surface area contributed by atoms with E-state index >= 15 is 0 Å². The van der Waals surface area contributed by atoms with E-state index in [9.17, 15) is 14.9 Å². The second-order valence-corrected chi connectivity index (χ2v) is 4.26. The second kappa shape index (κ2) is 6.00. The quantitative estimate of drug-likeness (QED) is 0.688. The molecule has 0 bridgehead atoms. The third-order valence-electron chi connectivity index (χ3n) is 2.77. The molecular weight excluding hydrogens is 274 g/mol. The van der Waals surface area contributed by atoms with Crippen molar-refractivity contribution in [3.63, 3.8) is 0 Å². The fraction of sp³-hybridized carbons (Fsp3) is 0.143. The summed E-state index contributed by atoms with van der Waals surface area (Å²) in [5.74, 6) is 0.0163. The zero-order valence-electron chi connectivity index (χ0n) is 11.5. The number of benzene rings is 1. The summed E-state index contributed by atoms with van der Waals surface area (Å²) in [6, 6.07) is 9.21. The molecule has 1 heterocycles. The van der Waals surface area contributed by atoms with Crippen LogP contribution in [-0.4, -0.2) is 22.9 Å². The zero-order valence-corrected chi connectivity index (χ0v) is 11.5. The van der Waals surface area contributed by atoms with Crippen molar-refractivity contribution < 1.29 is 14.5 Å². The van der Waals surface area contributed by atoms with Crippen LogP contribution in [0.4, 0.5) is 11.5 Å². The highest BCUT2D eigenvalue weighted by atomic mass is 16.6. The summed E-state index contributed by atoms with van der Waals surface area (Å²) >= 11 is 0. The van der Waals surface area contributed by atoms with Crippen LogP contribution in [-0.2, 0) is 0 Å². The molecule has 7 heteroatoms. The monoisotopic (exact) mass is 287 g/mol. The molecule has 0 fully saturated rings. The Morgan fingerprint density at radius 1 is 1.33 bits per heavy atom. The van der Waals surface area contributed by atoms with Crippen LogP contribution in [0.1, 0.15) is 16.1 Å². The first-order valence-electron chi connectivity index (χ1n) is 6.08. The minimum absolute atomic E-state index is 0.102. The van der Waals surface area contributed by atoms with E-state index in [2.05, 4.69) is 10.3 Å². The minimum Gasteiger partial charge on any atom is -0.490 e. The number of ether oxygens (including phenoxy) is 1. The summed E-state index contributed by atoms with van der Waals surface area (Å²) in [5.41, 5.74) is 0.654. The van der Waals surface area contributed by atoms with E-state index in [0.29, 0.717) is 5.82 Å². The molecule has 0 saturated carbocycles. The molecule has 1 amide bonds. The summed E-state index contributed by atoms with van der Waals surface area (Å²) in [4.78, 5) is 26.6. The zero-order chi connectivity index (χ0) is 15.4.